The zero-order valence-electron chi connectivity index (χ0n) is 18.6. The molecule has 4 rings (SSSR count). The minimum Gasteiger partial charge on any atom is -0.336 e. The van der Waals surface area contributed by atoms with Gasteiger partial charge in [-0.25, -0.2) is 4.98 Å². The summed E-state index contributed by atoms with van der Waals surface area (Å²) in [6.45, 7) is 10.5. The van der Waals surface area contributed by atoms with Crippen LogP contribution in [0.4, 0.5) is 0 Å². The third kappa shape index (κ3) is 4.02. The first-order chi connectivity index (χ1) is 14.8. The number of aryl methyl sites for hydroxylation is 3. The second kappa shape index (κ2) is 8.23. The van der Waals surface area contributed by atoms with Crippen molar-refractivity contribution in [2.75, 3.05) is 0 Å². The van der Waals surface area contributed by atoms with Gasteiger partial charge < -0.3 is 10.3 Å². The fourth-order valence-electron chi connectivity index (χ4n) is 3.75. The van der Waals surface area contributed by atoms with E-state index in [0.29, 0.717) is 17.1 Å². The maximum absolute atomic E-state index is 12.9. The molecule has 0 saturated heterocycles. The standard InChI is InChI=1S/C27H27N3O/c1-16-11-13-21(14-12-16)15-23(28-27(31)22-9-7-6-8-10-22)26-29-24-19(4)17(2)18(3)20(5)25(24)30-26/h6-15H,1-5H3,(H,28,31)(H,29,30)/b23-15+. The highest BCUT2D eigenvalue weighted by Crippen LogP contribution is 2.29. The van der Waals surface area contributed by atoms with Crippen molar-refractivity contribution >= 4 is 28.7 Å². The van der Waals surface area contributed by atoms with Gasteiger partial charge in [0.2, 0.25) is 0 Å². The predicted octanol–water partition coefficient (Wildman–Crippen LogP) is 6.03. The predicted molar refractivity (Wildman–Crippen MR) is 128 cm³/mol. The average Bonchev–Trinajstić information content (AvgIpc) is 3.23. The number of hydrogen-bond donors (Lipinski definition) is 2. The molecule has 0 aliphatic heterocycles. The maximum atomic E-state index is 12.9. The minimum atomic E-state index is -0.166. The second-order valence-electron chi connectivity index (χ2n) is 8.10. The molecule has 0 saturated carbocycles. The molecule has 4 aromatic rings. The monoisotopic (exact) mass is 409 g/mol. The molecule has 0 radical (unpaired) electrons. The van der Waals surface area contributed by atoms with Crippen LogP contribution >= 0.6 is 0 Å². The second-order valence-corrected chi connectivity index (χ2v) is 8.10. The van der Waals surface area contributed by atoms with E-state index < -0.39 is 0 Å². The van der Waals surface area contributed by atoms with E-state index in [-0.39, 0.29) is 5.91 Å². The number of aromatic amines is 1. The molecule has 0 atom stereocenters. The first kappa shape index (κ1) is 20.6. The van der Waals surface area contributed by atoms with E-state index in [4.69, 9.17) is 4.98 Å². The largest absolute Gasteiger partial charge is 0.336 e. The van der Waals surface area contributed by atoms with Crippen molar-refractivity contribution < 1.29 is 4.79 Å². The van der Waals surface area contributed by atoms with Gasteiger partial charge in [-0.1, -0.05) is 48.0 Å². The molecule has 4 nitrogen and oxygen atoms in total. The van der Waals surface area contributed by atoms with Gasteiger partial charge in [-0.2, -0.15) is 0 Å². The van der Waals surface area contributed by atoms with Crippen molar-refractivity contribution in [2.24, 2.45) is 0 Å². The van der Waals surface area contributed by atoms with Crippen LogP contribution < -0.4 is 5.32 Å². The van der Waals surface area contributed by atoms with Crippen LogP contribution in [0.25, 0.3) is 22.8 Å². The summed E-state index contributed by atoms with van der Waals surface area (Å²) in [6, 6.07) is 17.4. The summed E-state index contributed by atoms with van der Waals surface area (Å²) >= 11 is 0. The number of benzene rings is 3. The third-order valence-electron chi connectivity index (χ3n) is 6.05. The molecule has 1 aromatic heterocycles. The maximum Gasteiger partial charge on any atom is 0.255 e. The molecule has 1 amide bonds. The zero-order chi connectivity index (χ0) is 22.1. The minimum absolute atomic E-state index is 0.166. The number of amides is 1. The van der Waals surface area contributed by atoms with Gasteiger partial charge in [-0.3, -0.25) is 4.79 Å². The Bertz CT molecular complexity index is 1250. The molecule has 156 valence electrons. The van der Waals surface area contributed by atoms with Gasteiger partial charge in [0.15, 0.2) is 5.82 Å². The molecule has 0 aliphatic rings. The fraction of sp³-hybridized carbons (Fsp3) is 0.185. The normalized spacial score (nSPS) is 11.7. The Labute approximate surface area is 183 Å². The molecule has 31 heavy (non-hydrogen) atoms. The molecule has 4 heteroatoms. The Morgan fingerprint density at radius 1 is 0.839 bits per heavy atom. The number of carbonyl (C=O) groups excluding carboxylic acids is 1. The molecule has 2 N–H and O–H groups in total. The number of rotatable bonds is 4. The average molecular weight is 410 g/mol. The lowest BCUT2D eigenvalue weighted by Gasteiger charge is -2.09. The molecule has 0 bridgehead atoms. The number of aromatic nitrogens is 2. The molecule has 0 unspecified atom stereocenters. The number of fused-ring (bicyclic) bond motifs is 1. The van der Waals surface area contributed by atoms with Crippen molar-refractivity contribution in [1.82, 2.24) is 15.3 Å². The van der Waals surface area contributed by atoms with Gasteiger partial charge in [0.25, 0.3) is 5.91 Å². The van der Waals surface area contributed by atoms with E-state index in [0.717, 1.165) is 22.2 Å². The summed E-state index contributed by atoms with van der Waals surface area (Å²) in [5.74, 6) is 0.483. The Balaban J connectivity index is 1.84. The lowest BCUT2D eigenvalue weighted by Crippen LogP contribution is -2.22. The van der Waals surface area contributed by atoms with Gasteiger partial charge in [-0.15, -0.1) is 0 Å². The Morgan fingerprint density at radius 3 is 2.16 bits per heavy atom. The van der Waals surface area contributed by atoms with Crippen LogP contribution in [-0.4, -0.2) is 15.9 Å². The summed E-state index contributed by atoms with van der Waals surface area (Å²) in [5.41, 5.74) is 10.2. The van der Waals surface area contributed by atoms with Crippen LogP contribution in [0.5, 0.6) is 0 Å². The quantitative estimate of drug-likeness (QED) is 0.432. The fourth-order valence-corrected chi connectivity index (χ4v) is 3.75. The summed E-state index contributed by atoms with van der Waals surface area (Å²) in [7, 11) is 0. The Kier molecular flexibility index (Phi) is 5.47. The summed E-state index contributed by atoms with van der Waals surface area (Å²) in [4.78, 5) is 21.3. The summed E-state index contributed by atoms with van der Waals surface area (Å²) < 4.78 is 0. The number of H-pyrrole nitrogens is 1. The Hall–Kier alpha value is -3.66. The number of nitrogens with zero attached hydrogens (tertiary/aromatic N) is 1. The topological polar surface area (TPSA) is 57.8 Å². The van der Waals surface area contributed by atoms with Crippen molar-refractivity contribution in [3.63, 3.8) is 0 Å². The SMILES string of the molecule is Cc1ccc(/C=C(/NC(=O)c2ccccc2)c2nc3c(C)c(C)c(C)c(C)c3[nH]2)cc1. The van der Waals surface area contributed by atoms with Crippen molar-refractivity contribution in [2.45, 2.75) is 34.6 Å². The van der Waals surface area contributed by atoms with Gasteiger partial charge >= 0.3 is 0 Å². The van der Waals surface area contributed by atoms with Gasteiger partial charge in [0, 0.05) is 5.56 Å². The molecular formula is C27H27N3O. The van der Waals surface area contributed by atoms with Crippen LogP contribution in [0.2, 0.25) is 0 Å². The van der Waals surface area contributed by atoms with Crippen molar-refractivity contribution in [1.29, 1.82) is 0 Å². The molecule has 0 spiro atoms. The highest BCUT2D eigenvalue weighted by atomic mass is 16.1. The van der Waals surface area contributed by atoms with E-state index in [2.05, 4.69) is 57.1 Å². The Morgan fingerprint density at radius 2 is 1.48 bits per heavy atom. The van der Waals surface area contributed by atoms with Crippen molar-refractivity contribution in [3.05, 3.63) is 99.4 Å². The van der Waals surface area contributed by atoms with E-state index in [9.17, 15) is 4.79 Å². The molecule has 0 fully saturated rings. The summed E-state index contributed by atoms with van der Waals surface area (Å²) in [5, 5.41) is 3.07. The van der Waals surface area contributed by atoms with Crippen LogP contribution in [0, 0.1) is 34.6 Å². The number of hydrogen-bond acceptors (Lipinski definition) is 2. The van der Waals surface area contributed by atoms with E-state index >= 15 is 0 Å². The highest BCUT2D eigenvalue weighted by molar-refractivity contribution is 6.02. The molecule has 0 aliphatic carbocycles. The molecule has 1 heterocycles. The zero-order valence-corrected chi connectivity index (χ0v) is 18.6. The molecular weight excluding hydrogens is 382 g/mol. The van der Waals surface area contributed by atoms with Crippen LogP contribution in [-0.2, 0) is 0 Å². The van der Waals surface area contributed by atoms with E-state index in [1.807, 2.05) is 36.4 Å². The molecule has 3 aromatic carbocycles. The van der Waals surface area contributed by atoms with E-state index in [1.54, 1.807) is 12.1 Å². The highest BCUT2D eigenvalue weighted by Gasteiger charge is 2.17. The number of nitrogens with one attached hydrogen (secondary N) is 2. The number of carbonyl (C=O) groups is 1. The lowest BCUT2D eigenvalue weighted by atomic mass is 9.98. The van der Waals surface area contributed by atoms with Crippen LogP contribution in [0.15, 0.2) is 54.6 Å². The van der Waals surface area contributed by atoms with Gasteiger partial charge in [-0.05, 0) is 80.6 Å². The first-order valence-corrected chi connectivity index (χ1v) is 10.5. The van der Waals surface area contributed by atoms with E-state index in [1.165, 1.54) is 22.3 Å². The third-order valence-corrected chi connectivity index (χ3v) is 6.05. The number of imidazole rings is 1. The summed E-state index contributed by atoms with van der Waals surface area (Å²) in [6.07, 6.45) is 1.96. The van der Waals surface area contributed by atoms with Crippen LogP contribution in [0.1, 0.15) is 49.6 Å². The smallest absolute Gasteiger partial charge is 0.255 e. The van der Waals surface area contributed by atoms with Gasteiger partial charge in [0.05, 0.1) is 16.7 Å². The first-order valence-electron chi connectivity index (χ1n) is 10.5. The van der Waals surface area contributed by atoms with Gasteiger partial charge in [0.1, 0.15) is 0 Å². The van der Waals surface area contributed by atoms with Crippen molar-refractivity contribution in [3.8, 4) is 0 Å². The van der Waals surface area contributed by atoms with Crippen LogP contribution in [0.3, 0.4) is 0 Å². The lowest BCUT2D eigenvalue weighted by molar-refractivity contribution is 0.0973.